The largest absolute Gasteiger partial charge is 0.355 e. The zero-order valence-electron chi connectivity index (χ0n) is 11.9. The Morgan fingerprint density at radius 2 is 1.89 bits per heavy atom. The van der Waals surface area contributed by atoms with Gasteiger partial charge >= 0.3 is 0 Å². The third-order valence-electron chi connectivity index (χ3n) is 2.67. The maximum Gasteiger partial charge on any atom is 0.220 e. The lowest BCUT2D eigenvalue weighted by Gasteiger charge is -2.06. The van der Waals surface area contributed by atoms with Gasteiger partial charge in [0.15, 0.2) is 0 Å². The molecule has 0 saturated carbocycles. The Balaban J connectivity index is 2.05. The molecular weight excluding hydrogens is 256 g/mol. The van der Waals surface area contributed by atoms with Crippen LogP contribution in [0.2, 0.25) is 0 Å². The predicted octanol–water partition coefficient (Wildman–Crippen LogP) is 2.59. The lowest BCUT2D eigenvalue weighted by Crippen LogP contribution is -2.32. The van der Waals surface area contributed by atoms with E-state index in [-0.39, 0.29) is 5.91 Å². The summed E-state index contributed by atoms with van der Waals surface area (Å²) in [5, 5.41) is 6.18. The number of thioether (sulfide) groups is 1. The van der Waals surface area contributed by atoms with Crippen LogP contribution in [0.1, 0.15) is 25.3 Å². The van der Waals surface area contributed by atoms with Gasteiger partial charge in [0.25, 0.3) is 0 Å². The number of amides is 1. The van der Waals surface area contributed by atoms with Gasteiger partial charge in [-0.3, -0.25) is 4.79 Å². The number of carbonyl (C=O) groups excluding carboxylic acids is 1. The molecule has 1 rings (SSSR count). The van der Waals surface area contributed by atoms with E-state index in [1.54, 1.807) is 11.8 Å². The normalized spacial score (nSPS) is 10.4. The SMILES string of the molecule is CCCNCCNC(=O)CCSc1ccc(C)cc1. The molecule has 19 heavy (non-hydrogen) atoms. The molecule has 2 N–H and O–H groups in total. The molecule has 1 amide bonds. The van der Waals surface area contributed by atoms with Crippen LogP contribution in [-0.2, 0) is 4.79 Å². The Morgan fingerprint density at radius 3 is 2.58 bits per heavy atom. The molecule has 0 spiro atoms. The van der Waals surface area contributed by atoms with Crippen LogP contribution < -0.4 is 10.6 Å². The van der Waals surface area contributed by atoms with E-state index in [4.69, 9.17) is 0 Å². The molecule has 0 aromatic heterocycles. The van der Waals surface area contributed by atoms with Crippen molar-refractivity contribution in [1.82, 2.24) is 10.6 Å². The molecule has 0 atom stereocenters. The molecule has 4 heteroatoms. The number of carbonyl (C=O) groups is 1. The Kier molecular flexibility index (Phi) is 8.34. The summed E-state index contributed by atoms with van der Waals surface area (Å²) in [5.41, 5.74) is 1.27. The van der Waals surface area contributed by atoms with E-state index < -0.39 is 0 Å². The zero-order chi connectivity index (χ0) is 13.9. The van der Waals surface area contributed by atoms with Crippen molar-refractivity contribution in [1.29, 1.82) is 0 Å². The van der Waals surface area contributed by atoms with Crippen molar-refractivity contribution in [2.24, 2.45) is 0 Å². The van der Waals surface area contributed by atoms with Crippen LogP contribution >= 0.6 is 11.8 Å². The molecule has 0 aliphatic rings. The fraction of sp³-hybridized carbons (Fsp3) is 0.533. The minimum absolute atomic E-state index is 0.137. The number of hydrogen-bond donors (Lipinski definition) is 2. The summed E-state index contributed by atoms with van der Waals surface area (Å²) >= 11 is 1.73. The quantitative estimate of drug-likeness (QED) is 0.539. The lowest BCUT2D eigenvalue weighted by molar-refractivity contribution is -0.120. The summed E-state index contributed by atoms with van der Waals surface area (Å²) in [4.78, 5) is 12.8. The highest BCUT2D eigenvalue weighted by Gasteiger charge is 2.01. The average Bonchev–Trinajstić information content (AvgIpc) is 2.41. The van der Waals surface area contributed by atoms with Gasteiger partial charge in [-0.15, -0.1) is 11.8 Å². The van der Waals surface area contributed by atoms with Crippen LogP contribution in [0.5, 0.6) is 0 Å². The van der Waals surface area contributed by atoms with Crippen LogP contribution in [0.15, 0.2) is 29.2 Å². The van der Waals surface area contributed by atoms with Gasteiger partial charge in [0.2, 0.25) is 5.91 Å². The Hall–Kier alpha value is -1.00. The predicted molar refractivity (Wildman–Crippen MR) is 82.7 cm³/mol. The molecule has 0 fully saturated rings. The van der Waals surface area contributed by atoms with Crippen molar-refractivity contribution in [2.75, 3.05) is 25.4 Å². The van der Waals surface area contributed by atoms with Gasteiger partial charge in [-0.25, -0.2) is 0 Å². The first-order valence-electron chi connectivity index (χ1n) is 6.89. The van der Waals surface area contributed by atoms with E-state index >= 15 is 0 Å². The van der Waals surface area contributed by atoms with Crippen LogP contribution in [0.25, 0.3) is 0 Å². The first kappa shape index (κ1) is 16.1. The van der Waals surface area contributed by atoms with Crippen molar-refractivity contribution < 1.29 is 4.79 Å². The Morgan fingerprint density at radius 1 is 1.16 bits per heavy atom. The van der Waals surface area contributed by atoms with Gasteiger partial charge in [-0.05, 0) is 32.0 Å². The highest BCUT2D eigenvalue weighted by atomic mass is 32.2. The standard InChI is InChI=1S/C15H24N2OS/c1-3-9-16-10-11-17-15(18)8-12-19-14-6-4-13(2)5-7-14/h4-7,16H,3,8-12H2,1-2H3,(H,17,18). The molecule has 3 nitrogen and oxygen atoms in total. The van der Waals surface area contributed by atoms with Crippen LogP contribution in [0, 0.1) is 6.92 Å². The van der Waals surface area contributed by atoms with Crippen LogP contribution in [0.3, 0.4) is 0 Å². The third-order valence-corrected chi connectivity index (χ3v) is 3.68. The first-order chi connectivity index (χ1) is 9.22. The summed E-state index contributed by atoms with van der Waals surface area (Å²) in [7, 11) is 0. The summed E-state index contributed by atoms with van der Waals surface area (Å²) in [6.45, 7) is 6.79. The van der Waals surface area contributed by atoms with E-state index in [9.17, 15) is 4.79 Å². The highest BCUT2D eigenvalue weighted by Crippen LogP contribution is 2.18. The molecule has 0 saturated heterocycles. The molecule has 0 aliphatic heterocycles. The fourth-order valence-corrected chi connectivity index (χ4v) is 2.43. The minimum atomic E-state index is 0.137. The lowest BCUT2D eigenvalue weighted by atomic mass is 10.2. The molecule has 1 aromatic carbocycles. The van der Waals surface area contributed by atoms with Crippen molar-refractivity contribution in [2.45, 2.75) is 31.6 Å². The maximum absolute atomic E-state index is 11.6. The molecule has 106 valence electrons. The second-order valence-electron chi connectivity index (χ2n) is 4.51. The van der Waals surface area contributed by atoms with Gasteiger partial charge in [-0.2, -0.15) is 0 Å². The van der Waals surface area contributed by atoms with E-state index in [2.05, 4.69) is 48.7 Å². The maximum atomic E-state index is 11.6. The number of hydrogen-bond acceptors (Lipinski definition) is 3. The van der Waals surface area contributed by atoms with E-state index in [1.807, 2.05) is 0 Å². The van der Waals surface area contributed by atoms with Gasteiger partial charge in [0.05, 0.1) is 0 Å². The number of benzene rings is 1. The molecule has 0 radical (unpaired) electrons. The Bertz CT molecular complexity index is 365. The smallest absolute Gasteiger partial charge is 0.220 e. The molecule has 0 heterocycles. The van der Waals surface area contributed by atoms with Crippen molar-refractivity contribution in [3.05, 3.63) is 29.8 Å². The van der Waals surface area contributed by atoms with Crippen LogP contribution in [0.4, 0.5) is 0 Å². The summed E-state index contributed by atoms with van der Waals surface area (Å²) in [6.07, 6.45) is 1.70. The van der Waals surface area contributed by atoms with E-state index in [0.29, 0.717) is 13.0 Å². The van der Waals surface area contributed by atoms with Crippen molar-refractivity contribution >= 4 is 17.7 Å². The van der Waals surface area contributed by atoms with Gasteiger partial charge < -0.3 is 10.6 Å². The minimum Gasteiger partial charge on any atom is -0.355 e. The molecule has 0 bridgehead atoms. The molecule has 0 unspecified atom stereocenters. The number of rotatable bonds is 9. The van der Waals surface area contributed by atoms with Gasteiger partial charge in [0, 0.05) is 30.2 Å². The topological polar surface area (TPSA) is 41.1 Å². The fourth-order valence-electron chi connectivity index (χ4n) is 1.58. The number of aryl methyl sites for hydroxylation is 1. The highest BCUT2D eigenvalue weighted by molar-refractivity contribution is 7.99. The summed E-state index contributed by atoms with van der Waals surface area (Å²) in [6, 6.07) is 8.41. The van der Waals surface area contributed by atoms with E-state index in [1.165, 1.54) is 10.5 Å². The average molecular weight is 280 g/mol. The summed E-state index contributed by atoms with van der Waals surface area (Å²) < 4.78 is 0. The molecular formula is C15H24N2OS. The molecule has 1 aromatic rings. The van der Waals surface area contributed by atoms with Crippen molar-refractivity contribution in [3.63, 3.8) is 0 Å². The van der Waals surface area contributed by atoms with Crippen molar-refractivity contribution in [3.8, 4) is 0 Å². The second kappa shape index (κ2) is 9.87. The molecule has 0 aliphatic carbocycles. The first-order valence-corrected chi connectivity index (χ1v) is 7.88. The number of nitrogens with one attached hydrogen (secondary N) is 2. The Labute approximate surface area is 120 Å². The summed E-state index contributed by atoms with van der Waals surface area (Å²) in [5.74, 6) is 0.968. The third kappa shape index (κ3) is 7.90. The van der Waals surface area contributed by atoms with Crippen LogP contribution in [-0.4, -0.2) is 31.3 Å². The zero-order valence-corrected chi connectivity index (χ0v) is 12.7. The van der Waals surface area contributed by atoms with Gasteiger partial charge in [0.1, 0.15) is 0 Å². The van der Waals surface area contributed by atoms with Gasteiger partial charge in [-0.1, -0.05) is 24.6 Å². The second-order valence-corrected chi connectivity index (χ2v) is 5.68. The monoisotopic (exact) mass is 280 g/mol. The van der Waals surface area contributed by atoms with E-state index in [0.717, 1.165) is 25.3 Å².